The second-order valence-electron chi connectivity index (χ2n) is 7.27. The van der Waals surface area contributed by atoms with Crippen molar-refractivity contribution in [3.8, 4) is 5.69 Å². The molecule has 0 spiro atoms. The Kier molecular flexibility index (Phi) is 6.08. The van der Waals surface area contributed by atoms with E-state index < -0.39 is 0 Å². The number of hydrogen-bond acceptors (Lipinski definition) is 4. The molecule has 2 aromatic carbocycles. The first-order chi connectivity index (χ1) is 15.0. The molecule has 7 nitrogen and oxygen atoms in total. The quantitative estimate of drug-likeness (QED) is 0.321. The zero-order valence-corrected chi connectivity index (χ0v) is 18.1. The Labute approximate surface area is 184 Å². The summed E-state index contributed by atoms with van der Waals surface area (Å²) >= 11 is 1.31. The summed E-state index contributed by atoms with van der Waals surface area (Å²) in [5.41, 5.74) is 10.2. The molecule has 0 aliphatic rings. The van der Waals surface area contributed by atoms with Crippen LogP contribution < -0.4 is 10.9 Å². The van der Waals surface area contributed by atoms with Crippen LogP contribution in [-0.4, -0.2) is 32.1 Å². The lowest BCUT2D eigenvalue weighted by Gasteiger charge is -2.10. The number of hydrazine groups is 1. The van der Waals surface area contributed by atoms with Gasteiger partial charge in [-0.3, -0.25) is 25.0 Å². The minimum Gasteiger partial charge on any atom is -0.361 e. The van der Waals surface area contributed by atoms with Crippen molar-refractivity contribution in [3.05, 3.63) is 77.7 Å². The fourth-order valence-corrected chi connectivity index (χ4v) is 4.04. The van der Waals surface area contributed by atoms with Crippen LogP contribution in [-0.2, 0) is 16.0 Å². The van der Waals surface area contributed by atoms with E-state index >= 15 is 0 Å². The minimum absolute atomic E-state index is 0.134. The summed E-state index contributed by atoms with van der Waals surface area (Å²) in [5.74, 6) is -0.443. The van der Waals surface area contributed by atoms with E-state index in [1.807, 2.05) is 47.3 Å². The monoisotopic (exact) mass is 433 g/mol. The normalized spacial score (nSPS) is 10.9. The smallest absolute Gasteiger partial charge is 0.248 e. The van der Waals surface area contributed by atoms with Gasteiger partial charge in [0.05, 0.1) is 12.2 Å². The molecule has 2 amide bonds. The molecule has 0 bridgehead atoms. The molecule has 0 aliphatic heterocycles. The van der Waals surface area contributed by atoms with E-state index in [1.165, 1.54) is 22.9 Å². The molecule has 0 saturated carbocycles. The number of carbonyl (C=O) groups is 2. The third-order valence-corrected chi connectivity index (χ3v) is 6.04. The van der Waals surface area contributed by atoms with Crippen LogP contribution in [0.4, 0.5) is 0 Å². The molecular weight excluding hydrogens is 410 g/mol. The van der Waals surface area contributed by atoms with Crippen LogP contribution in [0.25, 0.3) is 16.6 Å². The molecule has 31 heavy (non-hydrogen) atoms. The number of thioether (sulfide) groups is 1. The highest BCUT2D eigenvalue weighted by Gasteiger charge is 2.12. The van der Waals surface area contributed by atoms with Crippen LogP contribution in [0.5, 0.6) is 0 Å². The van der Waals surface area contributed by atoms with Crippen molar-refractivity contribution in [1.82, 2.24) is 25.4 Å². The third-order valence-electron chi connectivity index (χ3n) is 5.08. The molecule has 0 radical (unpaired) electrons. The van der Waals surface area contributed by atoms with E-state index in [1.54, 1.807) is 6.20 Å². The number of nitrogens with one attached hydrogen (secondary N) is 3. The average Bonchev–Trinajstić information content (AvgIpc) is 3.40. The minimum atomic E-state index is -0.299. The predicted octanol–water partition coefficient (Wildman–Crippen LogP) is 3.45. The molecular formula is C23H23N5O2S. The van der Waals surface area contributed by atoms with Gasteiger partial charge in [-0.25, -0.2) is 4.98 Å². The first-order valence-electron chi connectivity index (χ1n) is 9.87. The number of para-hydroxylation sites is 1. The molecule has 0 atom stereocenters. The SMILES string of the molecule is Cc1ccc(-n2ccnc2SCC(=O)NNC(=O)Cc2c[nH]c3ccccc23)cc1C. The van der Waals surface area contributed by atoms with Gasteiger partial charge in [0.15, 0.2) is 5.16 Å². The Morgan fingerprint density at radius 2 is 1.87 bits per heavy atom. The number of rotatable bonds is 6. The third kappa shape index (κ3) is 4.80. The fraction of sp³-hybridized carbons (Fsp3) is 0.174. The summed E-state index contributed by atoms with van der Waals surface area (Å²) in [4.78, 5) is 31.9. The maximum absolute atomic E-state index is 12.2. The summed E-state index contributed by atoms with van der Waals surface area (Å²) in [7, 11) is 0. The summed E-state index contributed by atoms with van der Waals surface area (Å²) in [6, 6.07) is 14.0. The average molecular weight is 434 g/mol. The number of hydrogen-bond donors (Lipinski definition) is 3. The van der Waals surface area contributed by atoms with Crippen LogP contribution >= 0.6 is 11.8 Å². The van der Waals surface area contributed by atoms with Crippen LogP contribution in [0.3, 0.4) is 0 Å². The number of imidazole rings is 1. The zero-order valence-electron chi connectivity index (χ0n) is 17.3. The Bertz CT molecular complexity index is 1240. The number of fused-ring (bicyclic) bond motifs is 1. The zero-order chi connectivity index (χ0) is 21.8. The molecule has 158 valence electrons. The molecule has 4 rings (SSSR count). The van der Waals surface area contributed by atoms with Gasteiger partial charge in [-0.1, -0.05) is 36.0 Å². The van der Waals surface area contributed by atoms with E-state index in [4.69, 9.17) is 0 Å². The first-order valence-corrected chi connectivity index (χ1v) is 10.9. The van der Waals surface area contributed by atoms with Gasteiger partial charge in [0, 0.05) is 35.2 Å². The second-order valence-corrected chi connectivity index (χ2v) is 8.21. The highest BCUT2D eigenvalue weighted by atomic mass is 32.2. The predicted molar refractivity (Wildman–Crippen MR) is 122 cm³/mol. The van der Waals surface area contributed by atoms with Crippen molar-refractivity contribution in [1.29, 1.82) is 0 Å². The highest BCUT2D eigenvalue weighted by molar-refractivity contribution is 7.99. The summed E-state index contributed by atoms with van der Waals surface area (Å²) in [6.07, 6.45) is 5.56. The van der Waals surface area contributed by atoms with E-state index in [0.29, 0.717) is 5.16 Å². The van der Waals surface area contributed by atoms with Gasteiger partial charge >= 0.3 is 0 Å². The van der Waals surface area contributed by atoms with Gasteiger partial charge in [0.2, 0.25) is 11.8 Å². The standard InChI is InChI=1S/C23H23N5O2S/c1-15-7-8-18(11-16(15)2)28-10-9-24-23(28)31-14-22(30)27-26-21(29)12-17-13-25-20-6-4-3-5-19(17)20/h3-11,13,25H,12,14H2,1-2H3,(H,26,29)(H,27,30). The number of aromatic amines is 1. The number of aromatic nitrogens is 3. The molecule has 0 unspecified atom stereocenters. The van der Waals surface area contributed by atoms with Gasteiger partial charge in [-0.15, -0.1) is 0 Å². The summed E-state index contributed by atoms with van der Waals surface area (Å²) in [5, 5.41) is 1.71. The van der Waals surface area contributed by atoms with Crippen LogP contribution in [0.1, 0.15) is 16.7 Å². The number of benzene rings is 2. The van der Waals surface area contributed by atoms with E-state index in [2.05, 4.69) is 46.8 Å². The van der Waals surface area contributed by atoms with Gasteiger partial charge in [-0.2, -0.15) is 0 Å². The Morgan fingerprint density at radius 3 is 2.71 bits per heavy atom. The number of nitrogens with zero attached hydrogens (tertiary/aromatic N) is 2. The van der Waals surface area contributed by atoms with Crippen molar-refractivity contribution in [3.63, 3.8) is 0 Å². The molecule has 2 aromatic heterocycles. The highest BCUT2D eigenvalue weighted by Crippen LogP contribution is 2.22. The summed E-state index contributed by atoms with van der Waals surface area (Å²) in [6.45, 7) is 4.13. The lowest BCUT2D eigenvalue weighted by atomic mass is 10.1. The molecule has 8 heteroatoms. The Hall–Kier alpha value is -3.52. The number of carbonyl (C=O) groups excluding carboxylic acids is 2. The molecule has 0 aliphatic carbocycles. The lowest BCUT2D eigenvalue weighted by molar-refractivity contribution is -0.127. The number of amides is 2. The van der Waals surface area contributed by atoms with Crippen LogP contribution in [0.15, 0.2) is 66.2 Å². The topological polar surface area (TPSA) is 91.8 Å². The Balaban J connectivity index is 1.29. The van der Waals surface area contributed by atoms with Gasteiger partial charge < -0.3 is 4.98 Å². The van der Waals surface area contributed by atoms with Crippen molar-refractivity contribution in [2.75, 3.05) is 5.75 Å². The summed E-state index contributed by atoms with van der Waals surface area (Å²) < 4.78 is 1.94. The van der Waals surface area contributed by atoms with E-state index in [-0.39, 0.29) is 24.0 Å². The van der Waals surface area contributed by atoms with E-state index in [0.717, 1.165) is 22.2 Å². The molecule has 0 fully saturated rings. The van der Waals surface area contributed by atoms with Crippen molar-refractivity contribution in [2.45, 2.75) is 25.4 Å². The first kappa shape index (κ1) is 20.7. The van der Waals surface area contributed by atoms with Gasteiger partial charge in [-0.05, 0) is 48.7 Å². The molecule has 4 aromatic rings. The lowest BCUT2D eigenvalue weighted by Crippen LogP contribution is -2.43. The fourth-order valence-electron chi connectivity index (χ4n) is 3.27. The van der Waals surface area contributed by atoms with Crippen molar-refractivity contribution >= 4 is 34.5 Å². The van der Waals surface area contributed by atoms with E-state index in [9.17, 15) is 9.59 Å². The van der Waals surface area contributed by atoms with Crippen LogP contribution in [0, 0.1) is 13.8 Å². The maximum Gasteiger partial charge on any atom is 0.248 e. The largest absolute Gasteiger partial charge is 0.361 e. The van der Waals surface area contributed by atoms with Gasteiger partial charge in [0.1, 0.15) is 0 Å². The Morgan fingerprint density at radius 1 is 1.06 bits per heavy atom. The van der Waals surface area contributed by atoms with Crippen molar-refractivity contribution in [2.24, 2.45) is 0 Å². The van der Waals surface area contributed by atoms with Crippen molar-refractivity contribution < 1.29 is 9.59 Å². The van der Waals surface area contributed by atoms with Gasteiger partial charge in [0.25, 0.3) is 0 Å². The second kappa shape index (κ2) is 9.09. The molecule has 2 heterocycles. The number of H-pyrrole nitrogens is 1. The molecule has 0 saturated heterocycles. The maximum atomic E-state index is 12.2. The molecule has 3 N–H and O–H groups in total. The number of aryl methyl sites for hydroxylation is 2. The van der Waals surface area contributed by atoms with Crippen LogP contribution in [0.2, 0.25) is 0 Å².